The molecule has 0 radical (unpaired) electrons. The monoisotopic (exact) mass is 325 g/mol. The Bertz CT molecular complexity index is 816. The molecule has 122 valence electrons. The number of rotatable bonds is 4. The van der Waals surface area contributed by atoms with Crippen molar-refractivity contribution >= 4 is 11.4 Å². The molecule has 1 fully saturated rings. The summed E-state index contributed by atoms with van der Waals surface area (Å²) >= 11 is 0. The molecule has 0 saturated carbocycles. The van der Waals surface area contributed by atoms with Crippen LogP contribution in [0.15, 0.2) is 42.5 Å². The number of nitriles is 1. The first kappa shape index (κ1) is 15.9. The molecule has 3 rings (SSSR count). The summed E-state index contributed by atoms with van der Waals surface area (Å²) < 4.78 is 13.4. The Morgan fingerprint density at radius 2 is 2.17 bits per heavy atom. The highest BCUT2D eigenvalue weighted by molar-refractivity contribution is 5.66. The topological polar surface area (TPSA) is 70.2 Å². The van der Waals surface area contributed by atoms with Crippen molar-refractivity contribution < 1.29 is 9.31 Å². The maximum absolute atomic E-state index is 13.4. The van der Waals surface area contributed by atoms with Crippen molar-refractivity contribution in [2.24, 2.45) is 0 Å². The number of nitrogens with zero attached hydrogens (tertiary/aromatic N) is 3. The number of halogens is 1. The van der Waals surface area contributed by atoms with Crippen LogP contribution >= 0.6 is 0 Å². The lowest BCUT2D eigenvalue weighted by Gasteiger charge is -2.26. The molecule has 2 aromatic rings. The van der Waals surface area contributed by atoms with Crippen molar-refractivity contribution in [1.29, 1.82) is 5.26 Å². The third kappa shape index (κ3) is 3.20. The van der Waals surface area contributed by atoms with Crippen molar-refractivity contribution in [2.75, 3.05) is 11.4 Å². The highest BCUT2D eigenvalue weighted by atomic mass is 19.1. The van der Waals surface area contributed by atoms with Gasteiger partial charge in [0.15, 0.2) is 0 Å². The van der Waals surface area contributed by atoms with E-state index < -0.39 is 4.92 Å². The second kappa shape index (κ2) is 6.67. The number of benzene rings is 2. The van der Waals surface area contributed by atoms with Crippen LogP contribution < -0.4 is 4.90 Å². The summed E-state index contributed by atoms with van der Waals surface area (Å²) in [4.78, 5) is 12.9. The van der Waals surface area contributed by atoms with Crippen LogP contribution in [0, 0.1) is 27.3 Å². The fourth-order valence-electron chi connectivity index (χ4n) is 3.28. The summed E-state index contributed by atoms with van der Waals surface area (Å²) in [5.41, 5.74) is 1.62. The molecule has 0 aliphatic carbocycles. The Morgan fingerprint density at radius 3 is 2.88 bits per heavy atom. The minimum Gasteiger partial charge on any atom is -0.363 e. The van der Waals surface area contributed by atoms with Gasteiger partial charge < -0.3 is 4.90 Å². The van der Waals surface area contributed by atoms with E-state index in [1.165, 1.54) is 18.2 Å². The van der Waals surface area contributed by atoms with Gasteiger partial charge in [0.05, 0.1) is 16.6 Å². The van der Waals surface area contributed by atoms with E-state index in [9.17, 15) is 14.5 Å². The highest BCUT2D eigenvalue weighted by Crippen LogP contribution is 2.35. The predicted molar refractivity (Wildman–Crippen MR) is 88.3 cm³/mol. The second-order valence-electron chi connectivity index (χ2n) is 5.90. The first-order valence-corrected chi connectivity index (χ1v) is 7.78. The molecule has 0 spiro atoms. The Hall–Kier alpha value is -2.94. The Kier molecular flexibility index (Phi) is 4.43. The molecule has 0 bridgehead atoms. The van der Waals surface area contributed by atoms with Crippen molar-refractivity contribution in [2.45, 2.75) is 25.3 Å². The van der Waals surface area contributed by atoms with E-state index in [0.717, 1.165) is 18.4 Å². The smallest absolute Gasteiger partial charge is 0.293 e. The van der Waals surface area contributed by atoms with Crippen molar-refractivity contribution in [3.05, 3.63) is 69.5 Å². The SMILES string of the molecule is N#Cc1ccc(N2CCCC2Cc2cccc(F)c2)c([N+](=O)[O-])c1. The Labute approximate surface area is 139 Å². The first-order chi connectivity index (χ1) is 11.6. The van der Waals surface area contributed by atoms with Crippen LogP contribution in [-0.2, 0) is 6.42 Å². The molecule has 2 aromatic carbocycles. The molecule has 5 nitrogen and oxygen atoms in total. The standard InChI is InChI=1S/C18H16FN3O2/c19-15-4-1-3-13(9-15)10-16-5-2-8-21(16)17-7-6-14(12-20)11-18(17)22(23)24/h1,3-4,6-7,9,11,16H,2,5,8,10H2. The maximum Gasteiger partial charge on any atom is 0.293 e. The lowest BCUT2D eigenvalue weighted by Crippen LogP contribution is -2.31. The van der Waals surface area contributed by atoms with Crippen LogP contribution in [0.3, 0.4) is 0 Å². The van der Waals surface area contributed by atoms with Crippen LogP contribution in [0.2, 0.25) is 0 Å². The van der Waals surface area contributed by atoms with Crippen molar-refractivity contribution in [3.63, 3.8) is 0 Å². The molecule has 0 N–H and O–H groups in total. The van der Waals surface area contributed by atoms with Crippen LogP contribution in [0.25, 0.3) is 0 Å². The van der Waals surface area contributed by atoms with Gasteiger partial charge >= 0.3 is 0 Å². The van der Waals surface area contributed by atoms with E-state index >= 15 is 0 Å². The van der Waals surface area contributed by atoms with Crippen molar-refractivity contribution in [1.82, 2.24) is 0 Å². The average Bonchev–Trinajstić information content (AvgIpc) is 3.02. The third-order valence-electron chi connectivity index (χ3n) is 4.35. The zero-order valence-electron chi connectivity index (χ0n) is 13.0. The molecule has 1 aliphatic heterocycles. The first-order valence-electron chi connectivity index (χ1n) is 7.78. The van der Waals surface area contributed by atoms with Gasteiger partial charge in [-0.1, -0.05) is 12.1 Å². The van der Waals surface area contributed by atoms with Crippen molar-refractivity contribution in [3.8, 4) is 6.07 Å². The van der Waals surface area contributed by atoms with Gasteiger partial charge in [0.2, 0.25) is 0 Å². The Balaban J connectivity index is 1.91. The van der Waals surface area contributed by atoms with Gasteiger partial charge in [-0.3, -0.25) is 10.1 Å². The fourth-order valence-corrected chi connectivity index (χ4v) is 3.28. The fraction of sp³-hybridized carbons (Fsp3) is 0.278. The van der Waals surface area contributed by atoms with Gasteiger partial charge in [0.1, 0.15) is 11.5 Å². The van der Waals surface area contributed by atoms with E-state index in [-0.39, 0.29) is 23.1 Å². The summed E-state index contributed by atoms with van der Waals surface area (Å²) in [6, 6.07) is 13.0. The summed E-state index contributed by atoms with van der Waals surface area (Å²) in [5.74, 6) is -0.276. The maximum atomic E-state index is 13.4. The molecule has 0 amide bonds. The Morgan fingerprint density at radius 1 is 1.33 bits per heavy atom. The summed E-state index contributed by atoms with van der Waals surface area (Å²) in [5, 5.41) is 20.3. The van der Waals surface area contributed by atoms with E-state index in [2.05, 4.69) is 0 Å². The van der Waals surface area contributed by atoms with E-state index in [1.54, 1.807) is 18.2 Å². The molecule has 1 heterocycles. The molecular weight excluding hydrogens is 309 g/mol. The number of hydrogen-bond acceptors (Lipinski definition) is 4. The minimum atomic E-state index is -0.451. The van der Waals surface area contributed by atoms with E-state index in [4.69, 9.17) is 5.26 Å². The molecule has 1 aliphatic rings. The van der Waals surface area contributed by atoms with Gasteiger partial charge in [-0.15, -0.1) is 0 Å². The molecule has 1 atom stereocenters. The molecule has 1 unspecified atom stereocenters. The molecule has 0 aromatic heterocycles. The number of nitro groups is 1. The lowest BCUT2D eigenvalue weighted by molar-refractivity contribution is -0.384. The van der Waals surface area contributed by atoms with E-state index in [1.807, 2.05) is 17.0 Å². The molecular formula is C18H16FN3O2. The zero-order valence-corrected chi connectivity index (χ0v) is 13.0. The zero-order chi connectivity index (χ0) is 17.1. The second-order valence-corrected chi connectivity index (χ2v) is 5.90. The lowest BCUT2D eigenvalue weighted by atomic mass is 10.0. The highest BCUT2D eigenvalue weighted by Gasteiger charge is 2.30. The third-order valence-corrected chi connectivity index (χ3v) is 4.35. The van der Waals surface area contributed by atoms with Gasteiger partial charge in [-0.05, 0) is 49.1 Å². The quantitative estimate of drug-likeness (QED) is 0.633. The normalized spacial score (nSPS) is 16.8. The summed E-state index contributed by atoms with van der Waals surface area (Å²) in [7, 11) is 0. The average molecular weight is 325 g/mol. The number of nitro benzene ring substituents is 1. The summed E-state index contributed by atoms with van der Waals surface area (Å²) in [6.07, 6.45) is 2.46. The molecule has 6 heteroatoms. The molecule has 1 saturated heterocycles. The van der Waals surface area contributed by atoms with Gasteiger partial charge in [0.25, 0.3) is 5.69 Å². The van der Waals surface area contributed by atoms with Crippen LogP contribution in [0.4, 0.5) is 15.8 Å². The van der Waals surface area contributed by atoms with Crippen LogP contribution in [-0.4, -0.2) is 17.5 Å². The van der Waals surface area contributed by atoms with Crippen LogP contribution in [0.1, 0.15) is 24.0 Å². The predicted octanol–water partition coefficient (Wildman–Crippen LogP) is 3.82. The minimum absolute atomic E-state index is 0.0554. The largest absolute Gasteiger partial charge is 0.363 e. The van der Waals surface area contributed by atoms with E-state index in [0.29, 0.717) is 18.7 Å². The number of hydrogen-bond donors (Lipinski definition) is 0. The summed E-state index contributed by atoms with van der Waals surface area (Å²) in [6.45, 7) is 0.715. The number of anilines is 1. The van der Waals surface area contributed by atoms with Gasteiger partial charge in [-0.2, -0.15) is 5.26 Å². The van der Waals surface area contributed by atoms with Gasteiger partial charge in [0, 0.05) is 18.7 Å². The van der Waals surface area contributed by atoms with Crippen LogP contribution in [0.5, 0.6) is 0 Å². The van der Waals surface area contributed by atoms with Gasteiger partial charge in [-0.25, -0.2) is 4.39 Å². The molecule has 24 heavy (non-hydrogen) atoms.